The third-order valence-electron chi connectivity index (χ3n) is 4.72. The molecule has 4 heterocycles. The average Bonchev–Trinajstić information content (AvgIpc) is 3.41. The molecule has 1 saturated heterocycles. The van der Waals surface area contributed by atoms with Crippen molar-refractivity contribution in [2.45, 2.75) is 50.6 Å². The predicted molar refractivity (Wildman–Crippen MR) is 101 cm³/mol. The lowest BCUT2D eigenvalue weighted by Gasteiger charge is -2.32. The smallest absolute Gasteiger partial charge is 0.257 e. The number of rotatable bonds is 5. The highest BCUT2D eigenvalue weighted by Crippen LogP contribution is 2.36. The molecule has 10 heteroatoms. The molecular weight excluding hydrogens is 386 g/mol. The highest BCUT2D eigenvalue weighted by molar-refractivity contribution is 7.89. The van der Waals surface area contributed by atoms with Gasteiger partial charge in [0.2, 0.25) is 15.9 Å². The molecule has 0 bridgehead atoms. The summed E-state index contributed by atoms with van der Waals surface area (Å²) in [5.41, 5.74) is 0.506. The summed E-state index contributed by atoms with van der Waals surface area (Å²) in [6.45, 7) is 4.70. The number of aryl methyl sites for hydroxylation is 2. The van der Waals surface area contributed by atoms with Crippen molar-refractivity contribution in [1.29, 1.82) is 0 Å². The van der Waals surface area contributed by atoms with Gasteiger partial charge >= 0.3 is 0 Å². The number of hydrogen-bond donors (Lipinski definition) is 0. The van der Waals surface area contributed by atoms with Crippen molar-refractivity contribution in [3.8, 4) is 10.8 Å². The molecule has 0 N–H and O–H groups in total. The molecular formula is C17H21N5O3S2. The summed E-state index contributed by atoms with van der Waals surface area (Å²) in [6, 6.07) is 3.37. The van der Waals surface area contributed by atoms with Gasteiger partial charge in [0.05, 0.1) is 10.6 Å². The second-order valence-corrected chi connectivity index (χ2v) is 9.29. The lowest BCUT2D eigenvalue weighted by Crippen LogP contribution is -2.38. The van der Waals surface area contributed by atoms with E-state index in [-0.39, 0.29) is 4.90 Å². The summed E-state index contributed by atoms with van der Waals surface area (Å²) >= 11 is 1.51. The van der Waals surface area contributed by atoms with Crippen LogP contribution in [0.25, 0.3) is 10.8 Å². The SMILES string of the molecule is CCn1cc(S(=O)(=O)N2CCCC[C@@H]2c2nnc(-c3cccs3)o2)c(C)n1. The Morgan fingerprint density at radius 3 is 2.89 bits per heavy atom. The molecule has 8 nitrogen and oxygen atoms in total. The Kier molecular flexibility index (Phi) is 4.87. The Labute approximate surface area is 161 Å². The van der Waals surface area contributed by atoms with Gasteiger partial charge in [-0.1, -0.05) is 12.5 Å². The van der Waals surface area contributed by atoms with E-state index in [0.717, 1.165) is 17.7 Å². The van der Waals surface area contributed by atoms with Crippen molar-refractivity contribution in [2.24, 2.45) is 0 Å². The average molecular weight is 408 g/mol. The van der Waals surface area contributed by atoms with Gasteiger partial charge in [-0.3, -0.25) is 4.68 Å². The van der Waals surface area contributed by atoms with Gasteiger partial charge in [0.1, 0.15) is 10.9 Å². The van der Waals surface area contributed by atoms with Crippen LogP contribution in [-0.4, -0.2) is 39.2 Å². The van der Waals surface area contributed by atoms with Crippen molar-refractivity contribution in [3.05, 3.63) is 35.3 Å². The van der Waals surface area contributed by atoms with Crippen LogP contribution < -0.4 is 0 Å². The normalized spacial score (nSPS) is 18.8. The fourth-order valence-electron chi connectivity index (χ4n) is 3.35. The minimum atomic E-state index is -3.70. The number of thiophene rings is 1. The molecule has 0 unspecified atom stereocenters. The zero-order valence-corrected chi connectivity index (χ0v) is 16.8. The third-order valence-corrected chi connectivity index (χ3v) is 7.59. The van der Waals surface area contributed by atoms with E-state index in [9.17, 15) is 8.42 Å². The van der Waals surface area contributed by atoms with E-state index in [1.165, 1.54) is 15.6 Å². The molecule has 27 heavy (non-hydrogen) atoms. The Morgan fingerprint density at radius 2 is 2.19 bits per heavy atom. The Morgan fingerprint density at radius 1 is 1.33 bits per heavy atom. The molecule has 0 spiro atoms. The molecule has 0 saturated carbocycles. The van der Waals surface area contributed by atoms with E-state index in [1.54, 1.807) is 17.8 Å². The maximum Gasteiger partial charge on any atom is 0.257 e. The van der Waals surface area contributed by atoms with E-state index in [1.807, 2.05) is 24.4 Å². The Hall–Kier alpha value is -2.04. The molecule has 0 aromatic carbocycles. The van der Waals surface area contributed by atoms with Crippen LogP contribution in [-0.2, 0) is 16.6 Å². The van der Waals surface area contributed by atoms with E-state index >= 15 is 0 Å². The quantitative estimate of drug-likeness (QED) is 0.644. The second-order valence-electron chi connectivity index (χ2n) is 6.48. The summed E-state index contributed by atoms with van der Waals surface area (Å²) in [7, 11) is -3.70. The molecule has 0 amide bonds. The lowest BCUT2D eigenvalue weighted by molar-refractivity contribution is 0.220. The molecule has 4 rings (SSSR count). The molecule has 3 aromatic heterocycles. The monoisotopic (exact) mass is 407 g/mol. The van der Waals surface area contributed by atoms with Crippen LogP contribution in [0.5, 0.6) is 0 Å². The summed E-state index contributed by atoms with van der Waals surface area (Å²) < 4.78 is 35.7. The van der Waals surface area contributed by atoms with Gasteiger partial charge in [0, 0.05) is 19.3 Å². The molecule has 1 atom stereocenters. The molecule has 1 fully saturated rings. The van der Waals surface area contributed by atoms with Crippen LogP contribution in [0.3, 0.4) is 0 Å². The molecule has 1 aliphatic rings. The summed E-state index contributed by atoms with van der Waals surface area (Å²) in [4.78, 5) is 1.12. The summed E-state index contributed by atoms with van der Waals surface area (Å²) in [5, 5.41) is 14.5. The first-order chi connectivity index (χ1) is 13.0. The van der Waals surface area contributed by atoms with Crippen molar-refractivity contribution in [3.63, 3.8) is 0 Å². The van der Waals surface area contributed by atoms with Gasteiger partial charge in [0.15, 0.2) is 0 Å². The fourth-order valence-corrected chi connectivity index (χ4v) is 5.82. The summed E-state index contributed by atoms with van der Waals surface area (Å²) in [5.74, 6) is 0.778. The van der Waals surface area contributed by atoms with Gasteiger partial charge in [-0.05, 0) is 38.1 Å². The van der Waals surface area contributed by atoms with Crippen molar-refractivity contribution in [2.75, 3.05) is 6.54 Å². The number of aromatic nitrogens is 4. The first-order valence-electron chi connectivity index (χ1n) is 8.94. The Bertz CT molecular complexity index is 1020. The zero-order chi connectivity index (χ0) is 19.0. The number of piperidine rings is 1. The van der Waals surface area contributed by atoms with Crippen LogP contribution in [0.1, 0.15) is 43.8 Å². The van der Waals surface area contributed by atoms with Gasteiger partial charge in [-0.15, -0.1) is 21.5 Å². The van der Waals surface area contributed by atoms with Gasteiger partial charge in [-0.25, -0.2) is 8.42 Å². The summed E-state index contributed by atoms with van der Waals surface area (Å²) in [6.07, 6.45) is 3.98. The predicted octanol–water partition coefficient (Wildman–Crippen LogP) is 3.24. The fraction of sp³-hybridized carbons (Fsp3) is 0.471. The molecule has 0 radical (unpaired) electrons. The van der Waals surface area contributed by atoms with Crippen LogP contribution >= 0.6 is 11.3 Å². The maximum atomic E-state index is 13.3. The van der Waals surface area contributed by atoms with Crippen molar-refractivity contribution in [1.82, 2.24) is 24.3 Å². The van der Waals surface area contributed by atoms with Crippen LogP contribution in [0.4, 0.5) is 0 Å². The van der Waals surface area contributed by atoms with E-state index in [2.05, 4.69) is 15.3 Å². The number of nitrogens with zero attached hydrogens (tertiary/aromatic N) is 5. The molecule has 144 valence electrons. The topological polar surface area (TPSA) is 94.1 Å². The number of sulfonamides is 1. The standard InChI is InChI=1S/C17H21N5O3S2/c1-3-21-11-15(12(2)20-21)27(23,24)22-9-5-4-7-13(22)16-18-19-17(25-16)14-8-6-10-26-14/h6,8,10-11,13H,3-5,7,9H2,1-2H3/t13-/m1/s1. The van der Waals surface area contributed by atoms with Gasteiger partial charge < -0.3 is 4.42 Å². The lowest BCUT2D eigenvalue weighted by atomic mass is 10.1. The molecule has 1 aliphatic heterocycles. The zero-order valence-electron chi connectivity index (χ0n) is 15.2. The highest BCUT2D eigenvalue weighted by Gasteiger charge is 2.39. The largest absolute Gasteiger partial charge is 0.418 e. The molecule has 3 aromatic rings. The van der Waals surface area contributed by atoms with Gasteiger partial charge in [0.25, 0.3) is 5.89 Å². The third kappa shape index (κ3) is 3.32. The van der Waals surface area contributed by atoms with Crippen molar-refractivity contribution >= 4 is 21.4 Å². The first kappa shape index (κ1) is 18.3. The van der Waals surface area contributed by atoms with Crippen LogP contribution in [0.15, 0.2) is 33.0 Å². The minimum absolute atomic E-state index is 0.245. The van der Waals surface area contributed by atoms with Crippen LogP contribution in [0, 0.1) is 6.92 Å². The van der Waals surface area contributed by atoms with Gasteiger partial charge in [-0.2, -0.15) is 9.40 Å². The van der Waals surface area contributed by atoms with E-state index in [4.69, 9.17) is 4.42 Å². The van der Waals surface area contributed by atoms with Crippen molar-refractivity contribution < 1.29 is 12.8 Å². The Balaban J connectivity index is 1.69. The van der Waals surface area contributed by atoms with E-state index < -0.39 is 16.1 Å². The maximum absolute atomic E-state index is 13.3. The van der Waals surface area contributed by atoms with Crippen LogP contribution in [0.2, 0.25) is 0 Å². The first-order valence-corrected chi connectivity index (χ1v) is 11.3. The highest BCUT2D eigenvalue weighted by atomic mass is 32.2. The minimum Gasteiger partial charge on any atom is -0.418 e. The number of hydrogen-bond acceptors (Lipinski definition) is 7. The molecule has 0 aliphatic carbocycles. The van der Waals surface area contributed by atoms with E-state index in [0.29, 0.717) is 37.0 Å². The second kappa shape index (κ2) is 7.17.